The van der Waals surface area contributed by atoms with Crippen molar-refractivity contribution in [3.8, 4) is 0 Å². The Hall–Kier alpha value is -0.360. The van der Waals surface area contributed by atoms with Gasteiger partial charge >= 0.3 is 5.97 Å². The fourth-order valence-electron chi connectivity index (χ4n) is 1.79. The number of ether oxygens (including phenoxy) is 1. The van der Waals surface area contributed by atoms with Gasteiger partial charge in [-0.25, -0.2) is 4.79 Å². The lowest BCUT2D eigenvalue weighted by Crippen LogP contribution is -2.18. The first kappa shape index (κ1) is 18.7. The molecule has 118 valence electrons. The normalized spacial score (nSPS) is 11.5. The van der Waals surface area contributed by atoms with Gasteiger partial charge in [0.15, 0.2) is 0 Å². The van der Waals surface area contributed by atoms with Gasteiger partial charge in [0.05, 0.1) is 7.11 Å². The molecule has 1 rings (SSSR count). The second-order valence-electron chi connectivity index (χ2n) is 4.33. The third kappa shape index (κ3) is 5.40. The van der Waals surface area contributed by atoms with E-state index in [4.69, 9.17) is 39.5 Å². The van der Waals surface area contributed by atoms with Crippen molar-refractivity contribution in [3.63, 3.8) is 0 Å². The van der Waals surface area contributed by atoms with Crippen LogP contribution in [0.5, 0.6) is 0 Å². The van der Waals surface area contributed by atoms with E-state index in [0.717, 1.165) is 18.6 Å². The number of alkyl halides is 3. The van der Waals surface area contributed by atoms with Gasteiger partial charge in [-0.2, -0.15) is 11.8 Å². The van der Waals surface area contributed by atoms with Crippen molar-refractivity contribution in [2.24, 2.45) is 0 Å². The van der Waals surface area contributed by atoms with Gasteiger partial charge in [0.2, 0.25) is 5.78 Å². The fourth-order valence-corrected chi connectivity index (χ4v) is 2.61. The maximum Gasteiger partial charge on any atom is 0.354 e. The van der Waals surface area contributed by atoms with Gasteiger partial charge in [0.25, 0.3) is 3.79 Å². The highest BCUT2D eigenvalue weighted by Crippen LogP contribution is 2.31. The van der Waals surface area contributed by atoms with Crippen LogP contribution in [0.3, 0.4) is 0 Å². The van der Waals surface area contributed by atoms with E-state index in [1.54, 1.807) is 16.3 Å². The molecule has 21 heavy (non-hydrogen) atoms. The first-order valence-corrected chi connectivity index (χ1v) is 8.73. The number of Topliss-reactive ketones (excluding diaryl/α,β-unsaturated/α-hetero) is 1. The number of carbonyl (C=O) groups excluding carboxylic acids is 2. The van der Waals surface area contributed by atoms with Gasteiger partial charge in [-0.15, -0.1) is 0 Å². The lowest BCUT2D eigenvalue weighted by Gasteiger charge is -2.07. The zero-order chi connectivity index (χ0) is 16.0. The number of ketones is 1. The van der Waals surface area contributed by atoms with Crippen LogP contribution >= 0.6 is 46.6 Å². The van der Waals surface area contributed by atoms with E-state index in [9.17, 15) is 9.59 Å². The molecule has 0 saturated carbocycles. The van der Waals surface area contributed by atoms with Crippen LogP contribution in [0.1, 0.15) is 33.7 Å². The molecule has 0 aromatic carbocycles. The number of nitrogens with zero attached hydrogens (tertiary/aromatic N) is 1. The van der Waals surface area contributed by atoms with Crippen molar-refractivity contribution in [3.05, 3.63) is 23.5 Å². The molecule has 0 atom stereocenters. The zero-order valence-electron chi connectivity index (χ0n) is 11.7. The standard InChI is InChI=1S/C13H16Cl3NO3S/c1-20-12(19)10-7-9(11(18)13(14,15)16)8-17(10)5-3-4-6-21-2/h7-8H,3-6H2,1-2H3. The number of hydrogen-bond donors (Lipinski definition) is 0. The Morgan fingerprint density at radius 2 is 2.00 bits per heavy atom. The monoisotopic (exact) mass is 371 g/mol. The van der Waals surface area contributed by atoms with Crippen molar-refractivity contribution in [1.29, 1.82) is 0 Å². The number of aromatic nitrogens is 1. The Labute approximate surface area is 143 Å². The summed E-state index contributed by atoms with van der Waals surface area (Å²) in [5.74, 6) is -0.154. The predicted octanol–water partition coefficient (Wildman–Crippen LogP) is 3.97. The van der Waals surface area contributed by atoms with Crippen molar-refractivity contribution in [2.45, 2.75) is 23.2 Å². The van der Waals surface area contributed by atoms with Gasteiger partial charge in [-0.05, 0) is 30.9 Å². The van der Waals surface area contributed by atoms with Crippen LogP contribution in [-0.4, -0.2) is 39.2 Å². The largest absolute Gasteiger partial charge is 0.464 e. The summed E-state index contributed by atoms with van der Waals surface area (Å²) in [6.07, 6.45) is 5.44. The Morgan fingerprint density at radius 1 is 1.33 bits per heavy atom. The average Bonchev–Trinajstić information content (AvgIpc) is 2.84. The second-order valence-corrected chi connectivity index (χ2v) is 7.59. The van der Waals surface area contributed by atoms with Crippen molar-refractivity contribution < 1.29 is 14.3 Å². The lowest BCUT2D eigenvalue weighted by atomic mass is 10.2. The molecule has 0 bridgehead atoms. The van der Waals surface area contributed by atoms with Gasteiger partial charge in [-0.3, -0.25) is 4.79 Å². The number of esters is 1. The Kier molecular flexibility index (Phi) is 7.40. The number of unbranched alkanes of at least 4 members (excludes halogenated alkanes) is 1. The minimum absolute atomic E-state index is 0.181. The third-order valence-corrected chi connectivity index (χ3v) is 4.02. The molecule has 8 heteroatoms. The summed E-state index contributed by atoms with van der Waals surface area (Å²) < 4.78 is 4.33. The quantitative estimate of drug-likeness (QED) is 0.314. The minimum Gasteiger partial charge on any atom is -0.464 e. The fraction of sp³-hybridized carbons (Fsp3) is 0.538. The maximum absolute atomic E-state index is 12.0. The molecule has 0 fully saturated rings. The van der Waals surface area contributed by atoms with Crippen LogP contribution in [0.4, 0.5) is 0 Å². The van der Waals surface area contributed by atoms with Crippen LogP contribution < -0.4 is 0 Å². The van der Waals surface area contributed by atoms with Gasteiger partial charge in [0.1, 0.15) is 5.69 Å². The number of aryl methyl sites for hydroxylation is 1. The molecule has 0 aliphatic rings. The summed E-state index contributed by atoms with van der Waals surface area (Å²) in [7, 11) is 1.28. The molecular weight excluding hydrogens is 357 g/mol. The summed E-state index contributed by atoms with van der Waals surface area (Å²) in [6.45, 7) is 0.595. The minimum atomic E-state index is -2.04. The average molecular weight is 373 g/mol. The molecule has 0 unspecified atom stereocenters. The van der Waals surface area contributed by atoms with E-state index in [-0.39, 0.29) is 11.3 Å². The number of hydrogen-bond acceptors (Lipinski definition) is 4. The van der Waals surface area contributed by atoms with Gasteiger partial charge < -0.3 is 9.30 Å². The highest BCUT2D eigenvalue weighted by molar-refractivity contribution is 7.98. The zero-order valence-corrected chi connectivity index (χ0v) is 14.8. The molecular formula is C13H16Cl3NO3S. The predicted molar refractivity (Wildman–Crippen MR) is 88.0 cm³/mol. The van der Waals surface area contributed by atoms with Crippen LogP contribution in [0.25, 0.3) is 0 Å². The number of thioether (sulfide) groups is 1. The summed E-state index contributed by atoms with van der Waals surface area (Å²) in [4.78, 5) is 23.7. The molecule has 1 heterocycles. The number of rotatable bonds is 7. The van der Waals surface area contributed by atoms with Crippen molar-refractivity contribution in [2.75, 3.05) is 19.1 Å². The van der Waals surface area contributed by atoms with E-state index < -0.39 is 15.5 Å². The Balaban J connectivity index is 2.96. The summed E-state index contributed by atoms with van der Waals surface area (Å²) in [5, 5.41) is 0. The first-order chi connectivity index (χ1) is 9.81. The van der Waals surface area contributed by atoms with E-state index in [2.05, 4.69) is 0 Å². The van der Waals surface area contributed by atoms with Gasteiger partial charge in [0, 0.05) is 18.3 Å². The van der Waals surface area contributed by atoms with E-state index in [0.29, 0.717) is 6.54 Å². The number of methoxy groups -OCH3 is 1. The molecule has 0 saturated heterocycles. The topological polar surface area (TPSA) is 48.3 Å². The Morgan fingerprint density at radius 3 is 2.52 bits per heavy atom. The third-order valence-electron chi connectivity index (χ3n) is 2.81. The molecule has 0 N–H and O–H groups in total. The summed E-state index contributed by atoms with van der Waals surface area (Å²) in [5.41, 5.74) is 0.458. The van der Waals surface area contributed by atoms with E-state index in [1.165, 1.54) is 19.4 Å². The highest BCUT2D eigenvalue weighted by Gasteiger charge is 2.33. The van der Waals surface area contributed by atoms with Crippen LogP contribution in [-0.2, 0) is 11.3 Å². The highest BCUT2D eigenvalue weighted by atomic mass is 35.6. The van der Waals surface area contributed by atoms with E-state index >= 15 is 0 Å². The number of halogens is 3. The van der Waals surface area contributed by atoms with Crippen LogP contribution in [0, 0.1) is 0 Å². The van der Waals surface area contributed by atoms with E-state index in [1.807, 2.05) is 6.26 Å². The van der Waals surface area contributed by atoms with Crippen LogP contribution in [0.15, 0.2) is 12.3 Å². The van der Waals surface area contributed by atoms with Crippen LogP contribution in [0.2, 0.25) is 0 Å². The molecule has 0 spiro atoms. The summed E-state index contributed by atoms with van der Waals surface area (Å²) in [6, 6.07) is 1.39. The maximum atomic E-state index is 12.0. The molecule has 0 aliphatic heterocycles. The van der Waals surface area contributed by atoms with Crippen molar-refractivity contribution >= 4 is 58.3 Å². The molecule has 1 aromatic heterocycles. The number of carbonyl (C=O) groups is 2. The molecule has 0 aliphatic carbocycles. The molecule has 0 radical (unpaired) electrons. The molecule has 4 nitrogen and oxygen atoms in total. The first-order valence-electron chi connectivity index (χ1n) is 6.20. The van der Waals surface area contributed by atoms with Gasteiger partial charge in [-0.1, -0.05) is 34.8 Å². The molecule has 0 amide bonds. The lowest BCUT2D eigenvalue weighted by molar-refractivity contribution is 0.0588. The molecule has 1 aromatic rings. The Bertz CT molecular complexity index is 511. The SMILES string of the molecule is COC(=O)c1cc(C(=O)C(Cl)(Cl)Cl)cn1CCCCSC. The summed E-state index contributed by atoms with van der Waals surface area (Å²) >= 11 is 18.5. The van der Waals surface area contributed by atoms with Crippen molar-refractivity contribution in [1.82, 2.24) is 4.57 Å². The smallest absolute Gasteiger partial charge is 0.354 e. The second kappa shape index (κ2) is 8.32.